The molecule has 7 heterocycles. The fourth-order valence-corrected chi connectivity index (χ4v) is 11.3. The number of fused-ring (bicyclic) bond motifs is 2. The first kappa shape index (κ1) is 46.9. The Bertz CT molecular complexity index is 3020. The van der Waals surface area contributed by atoms with E-state index < -0.39 is 10.8 Å². The van der Waals surface area contributed by atoms with Gasteiger partial charge in [0.05, 0.1) is 39.7 Å². The molecule has 360 valence electrons. The van der Waals surface area contributed by atoms with Gasteiger partial charge in [-0.3, -0.25) is 29.0 Å². The Labute approximate surface area is 411 Å². The third kappa shape index (κ3) is 8.86. The number of carbonyl (C=O) groups is 3. The van der Waals surface area contributed by atoms with Crippen molar-refractivity contribution in [1.82, 2.24) is 44.8 Å². The van der Waals surface area contributed by atoms with Gasteiger partial charge in [-0.15, -0.1) is 0 Å². The maximum absolute atomic E-state index is 13.6. The summed E-state index contributed by atoms with van der Waals surface area (Å²) in [5.74, 6) is 0.581. The molecule has 4 aromatic heterocycles. The fourth-order valence-electron chi connectivity index (χ4n) is 11.1. The molecule has 1 saturated carbocycles. The summed E-state index contributed by atoms with van der Waals surface area (Å²) < 4.78 is 20.4. The highest BCUT2D eigenvalue weighted by molar-refractivity contribution is 6.31. The zero-order valence-electron chi connectivity index (χ0n) is 39.9. The number of nitrogens with zero attached hydrogens (tertiary/aromatic N) is 9. The van der Waals surface area contributed by atoms with Crippen LogP contribution in [0.2, 0.25) is 5.02 Å². The number of hydrogen-bond acceptors (Lipinski definition) is 12. The molecule has 1 N–H and O–H groups in total. The first-order chi connectivity index (χ1) is 33.7. The van der Waals surface area contributed by atoms with E-state index in [1.165, 1.54) is 18.1 Å². The summed E-state index contributed by atoms with van der Waals surface area (Å²) in [6.45, 7) is 13.5. The van der Waals surface area contributed by atoms with Crippen LogP contribution in [0, 0.1) is 22.2 Å². The Morgan fingerprint density at radius 2 is 1.70 bits per heavy atom. The number of pyridine rings is 2. The molecule has 3 fully saturated rings. The minimum absolute atomic E-state index is 0.0604. The van der Waals surface area contributed by atoms with Crippen molar-refractivity contribution in [2.45, 2.75) is 97.7 Å². The molecule has 2 aromatic carbocycles. The average molecular weight is 964 g/mol. The topological polar surface area (TPSA) is 191 Å². The highest BCUT2D eigenvalue weighted by atomic mass is 35.5. The first-order valence-electron chi connectivity index (χ1n) is 23.9. The second kappa shape index (κ2) is 18.8. The molecule has 70 heavy (non-hydrogen) atoms. The zero-order valence-corrected chi connectivity index (χ0v) is 40.7. The largest absolute Gasteiger partial charge is 0.489 e. The lowest BCUT2D eigenvalue weighted by Gasteiger charge is -2.63. The normalized spacial score (nSPS) is 20.6. The number of amides is 3. The maximum Gasteiger partial charge on any atom is 0.272 e. The van der Waals surface area contributed by atoms with Crippen molar-refractivity contribution < 1.29 is 28.6 Å². The number of likely N-dealkylation sites (tertiary alicyclic amines) is 1. The molecule has 0 spiro atoms. The first-order valence-corrected chi connectivity index (χ1v) is 24.3. The third-order valence-corrected chi connectivity index (χ3v) is 15.0. The number of halogens is 1. The number of carbonyl (C=O) groups excluding carboxylic acids is 3. The van der Waals surface area contributed by atoms with Gasteiger partial charge in [0.2, 0.25) is 5.91 Å². The summed E-state index contributed by atoms with van der Waals surface area (Å²) in [5, 5.41) is 19.9. The predicted molar refractivity (Wildman–Crippen MR) is 261 cm³/mol. The van der Waals surface area contributed by atoms with Gasteiger partial charge in [0, 0.05) is 128 Å². The van der Waals surface area contributed by atoms with Crippen molar-refractivity contribution in [2.24, 2.45) is 10.8 Å². The molecule has 0 bridgehead atoms. The number of hydrogen-bond donors (Lipinski definition) is 1. The van der Waals surface area contributed by atoms with Gasteiger partial charge in [-0.1, -0.05) is 57.5 Å². The van der Waals surface area contributed by atoms with Crippen LogP contribution in [0.15, 0.2) is 79.4 Å². The molecule has 10 rings (SSSR count). The van der Waals surface area contributed by atoms with Gasteiger partial charge in [-0.05, 0) is 55.0 Å². The van der Waals surface area contributed by atoms with Crippen LogP contribution in [0.5, 0.6) is 5.75 Å². The minimum atomic E-state index is -0.423. The van der Waals surface area contributed by atoms with Crippen LogP contribution in [0.1, 0.15) is 103 Å². The Hall–Kier alpha value is -6.80. The van der Waals surface area contributed by atoms with E-state index in [0.29, 0.717) is 79.2 Å². The monoisotopic (exact) mass is 962 g/mol. The summed E-state index contributed by atoms with van der Waals surface area (Å²) in [4.78, 5) is 61.4. The lowest BCUT2D eigenvalue weighted by Crippen LogP contribution is -2.74. The van der Waals surface area contributed by atoms with E-state index in [4.69, 9.17) is 35.9 Å². The number of aromatic nitrogens is 6. The van der Waals surface area contributed by atoms with Gasteiger partial charge in [0.1, 0.15) is 30.2 Å². The molecule has 4 aliphatic rings. The molecule has 3 amide bonds. The van der Waals surface area contributed by atoms with Crippen LogP contribution in [0.25, 0.3) is 33.3 Å². The quantitative estimate of drug-likeness (QED) is 0.133. The van der Waals surface area contributed by atoms with Gasteiger partial charge in [0.15, 0.2) is 5.82 Å². The van der Waals surface area contributed by atoms with Crippen molar-refractivity contribution in [1.29, 1.82) is 5.26 Å². The number of rotatable bonds is 11. The SMILES string of the molecule is CC(=O)N1CCc2c(c(-c3cccc4cc(-c5ccc(C(=O)N6CCC(OCc7ncc(C(=O)NC8C(C)(C)C(Oc9ccc(C#N)c(Cl)c9)C8(C)C)cn7)C6)nc5)ncc34)nn2C2CCOCC2)C1. The van der Waals surface area contributed by atoms with Crippen molar-refractivity contribution in [2.75, 3.05) is 32.8 Å². The van der Waals surface area contributed by atoms with E-state index in [0.717, 1.165) is 58.1 Å². The van der Waals surface area contributed by atoms with Gasteiger partial charge in [0.25, 0.3) is 11.8 Å². The second-order valence-electron chi connectivity index (χ2n) is 19.9. The summed E-state index contributed by atoms with van der Waals surface area (Å²) in [5.41, 5.74) is 5.89. The number of ether oxygens (including phenoxy) is 3. The van der Waals surface area contributed by atoms with Gasteiger partial charge < -0.3 is 29.3 Å². The molecular weight excluding hydrogens is 908 g/mol. The number of nitriles is 1. The summed E-state index contributed by atoms with van der Waals surface area (Å²) in [6, 6.07) is 19.0. The lowest BCUT2D eigenvalue weighted by molar-refractivity contribution is -0.164. The van der Waals surface area contributed by atoms with E-state index >= 15 is 0 Å². The third-order valence-electron chi connectivity index (χ3n) is 14.6. The smallest absolute Gasteiger partial charge is 0.272 e. The number of nitrogens with one attached hydrogen (secondary N) is 1. The summed E-state index contributed by atoms with van der Waals surface area (Å²) >= 11 is 6.25. The van der Waals surface area contributed by atoms with E-state index in [1.54, 1.807) is 42.3 Å². The van der Waals surface area contributed by atoms with Crippen molar-refractivity contribution in [3.8, 4) is 34.3 Å². The predicted octanol–water partition coefficient (Wildman–Crippen LogP) is 7.77. The van der Waals surface area contributed by atoms with Crippen molar-refractivity contribution in [3.63, 3.8) is 0 Å². The summed E-state index contributed by atoms with van der Waals surface area (Å²) in [7, 11) is 0. The van der Waals surface area contributed by atoms with Gasteiger partial charge in [-0.2, -0.15) is 10.4 Å². The molecule has 1 atom stereocenters. The van der Waals surface area contributed by atoms with Gasteiger partial charge in [-0.25, -0.2) is 9.97 Å². The van der Waals surface area contributed by atoms with Crippen molar-refractivity contribution in [3.05, 3.63) is 118 Å². The molecule has 0 radical (unpaired) electrons. The summed E-state index contributed by atoms with van der Waals surface area (Å²) in [6.07, 6.45) is 9.35. The maximum atomic E-state index is 13.6. The molecule has 2 saturated heterocycles. The van der Waals surface area contributed by atoms with E-state index in [-0.39, 0.29) is 48.6 Å². The molecule has 16 nitrogen and oxygen atoms in total. The zero-order chi connectivity index (χ0) is 48.9. The number of benzene rings is 2. The van der Waals surface area contributed by atoms with Crippen LogP contribution in [-0.4, -0.2) is 108 Å². The average Bonchev–Trinajstić information content (AvgIpc) is 4.01. The highest BCUT2D eigenvalue weighted by Crippen LogP contribution is 2.55. The standard InChI is InChI=1S/C53H55ClN10O6/c1-31(65)62-18-14-45-41(29-62)47(61-64(45)36-15-19-68-20-16-36)39-8-6-7-32-21-44(57-27-40(32)39)34-10-12-43(56-24-34)49(67)63-17-13-38(28-63)69-30-46-58-25-35(26-59-46)48(66)60-50-52(2,3)51(53(50,4)5)70-37-11-9-33(23-55)42(54)22-37/h6-12,21-22,24-27,36,38,50-51H,13-20,28-30H2,1-5H3,(H,60,66). The molecule has 17 heteroatoms. The second-order valence-corrected chi connectivity index (χ2v) is 20.3. The molecule has 3 aliphatic heterocycles. The Kier molecular flexibility index (Phi) is 12.6. The van der Waals surface area contributed by atoms with E-state index in [9.17, 15) is 19.6 Å². The minimum Gasteiger partial charge on any atom is -0.489 e. The fraction of sp³-hybridized carbons (Fsp3) is 0.415. The van der Waals surface area contributed by atoms with Crippen LogP contribution in [0.4, 0.5) is 0 Å². The molecule has 1 unspecified atom stereocenters. The van der Waals surface area contributed by atoms with Crippen LogP contribution in [-0.2, 0) is 33.8 Å². The van der Waals surface area contributed by atoms with E-state index in [2.05, 4.69) is 43.2 Å². The highest BCUT2D eigenvalue weighted by Gasteiger charge is 2.64. The van der Waals surface area contributed by atoms with Crippen LogP contribution >= 0.6 is 11.6 Å². The van der Waals surface area contributed by atoms with Gasteiger partial charge >= 0.3 is 0 Å². The molecule has 1 aliphatic carbocycles. The van der Waals surface area contributed by atoms with E-state index in [1.807, 2.05) is 57.0 Å². The lowest BCUT2D eigenvalue weighted by atomic mass is 9.49. The Morgan fingerprint density at radius 1 is 0.914 bits per heavy atom. The van der Waals surface area contributed by atoms with Crippen LogP contribution < -0.4 is 10.1 Å². The molecular formula is C53H55ClN10O6. The van der Waals surface area contributed by atoms with Crippen molar-refractivity contribution >= 4 is 40.1 Å². The molecule has 6 aromatic rings. The van der Waals surface area contributed by atoms with Crippen LogP contribution in [0.3, 0.4) is 0 Å². The Morgan fingerprint density at radius 3 is 2.41 bits per heavy atom. The Balaban J connectivity index is 0.738.